The van der Waals surface area contributed by atoms with Crippen molar-refractivity contribution in [3.8, 4) is 0 Å². The van der Waals surface area contributed by atoms with Crippen LogP contribution in [0.5, 0.6) is 0 Å². The molecule has 340 valence electrons. The fourth-order valence-electron chi connectivity index (χ4n) is 12.5. The number of nitrogens with one attached hydrogen (secondary N) is 2. The predicted molar refractivity (Wildman–Crippen MR) is 245 cm³/mol. The van der Waals surface area contributed by atoms with E-state index < -0.39 is 0 Å². The molecule has 0 unspecified atom stereocenters. The second-order valence-electron chi connectivity index (χ2n) is 20.8. The second kappa shape index (κ2) is 25.8. The average molecular weight is 825 g/mol. The number of allylic oxidation sites excluding steroid dienone is 1. The molecule has 59 heavy (non-hydrogen) atoms. The molecule has 8 heteroatoms. The normalized spacial score (nSPS) is 27.9. The van der Waals surface area contributed by atoms with Crippen LogP contribution < -0.4 is 16.4 Å². The summed E-state index contributed by atoms with van der Waals surface area (Å²) >= 11 is 0. The fraction of sp³-hybridized carbons (Fsp3) is 0.902. The predicted octanol–water partition coefficient (Wildman–Crippen LogP) is 11.9. The van der Waals surface area contributed by atoms with Gasteiger partial charge in [-0.05, 0) is 117 Å². The van der Waals surface area contributed by atoms with Gasteiger partial charge in [0.25, 0.3) is 0 Å². The Labute approximate surface area is 362 Å². The number of ether oxygens (including phenoxy) is 1. The van der Waals surface area contributed by atoms with Crippen molar-refractivity contribution in [1.29, 1.82) is 0 Å². The summed E-state index contributed by atoms with van der Waals surface area (Å²) in [5.74, 6) is 4.77. The number of unbranched alkanes of at least 4 members (excludes halogenated alkanes) is 11. The van der Waals surface area contributed by atoms with Crippen molar-refractivity contribution in [2.75, 3.05) is 32.7 Å². The van der Waals surface area contributed by atoms with Crippen molar-refractivity contribution < 1.29 is 19.1 Å². The van der Waals surface area contributed by atoms with Gasteiger partial charge in [0.2, 0.25) is 11.8 Å². The summed E-state index contributed by atoms with van der Waals surface area (Å²) in [4.78, 5) is 40.7. The van der Waals surface area contributed by atoms with Crippen molar-refractivity contribution in [2.45, 2.75) is 215 Å². The van der Waals surface area contributed by atoms with Gasteiger partial charge in [0, 0.05) is 32.5 Å². The number of carbonyl (C=O) groups excluding carboxylic acids is 3. The molecule has 0 spiro atoms. The van der Waals surface area contributed by atoms with Gasteiger partial charge in [-0.1, -0.05) is 143 Å². The van der Waals surface area contributed by atoms with E-state index in [4.69, 9.17) is 10.5 Å². The van der Waals surface area contributed by atoms with E-state index in [2.05, 4.69) is 58.3 Å². The first kappa shape index (κ1) is 49.6. The van der Waals surface area contributed by atoms with Crippen LogP contribution in [0.1, 0.15) is 208 Å². The molecule has 3 saturated carbocycles. The summed E-state index contributed by atoms with van der Waals surface area (Å²) in [6, 6.07) is 0. The van der Waals surface area contributed by atoms with Crippen LogP contribution in [0.4, 0.5) is 4.79 Å². The number of nitrogens with two attached hydrogens (primary N) is 1. The largest absolute Gasteiger partial charge is 0.446 e. The van der Waals surface area contributed by atoms with E-state index in [9.17, 15) is 14.4 Å². The Bertz CT molecular complexity index is 1290. The highest BCUT2D eigenvalue weighted by Crippen LogP contribution is 2.67. The van der Waals surface area contributed by atoms with E-state index in [1.807, 2.05) is 0 Å². The van der Waals surface area contributed by atoms with Crippen molar-refractivity contribution in [3.05, 3.63) is 11.6 Å². The Kier molecular flexibility index (Phi) is 21.6. The minimum atomic E-state index is -0.366. The second-order valence-corrected chi connectivity index (χ2v) is 20.8. The molecular formula is C51H92N4O4. The lowest BCUT2D eigenvalue weighted by molar-refractivity contribution is -0.136. The average Bonchev–Trinajstić information content (AvgIpc) is 3.56. The molecule has 0 aliphatic heterocycles. The smallest absolute Gasteiger partial charge is 0.407 e. The molecule has 4 aliphatic carbocycles. The first-order chi connectivity index (χ1) is 28.4. The molecule has 8 atom stereocenters. The molecule has 0 heterocycles. The van der Waals surface area contributed by atoms with E-state index in [-0.39, 0.29) is 36.0 Å². The van der Waals surface area contributed by atoms with Crippen molar-refractivity contribution >= 4 is 17.9 Å². The number of fused-ring (bicyclic) bond motifs is 5. The van der Waals surface area contributed by atoms with Crippen LogP contribution in [-0.4, -0.2) is 61.6 Å². The van der Waals surface area contributed by atoms with Crippen LogP contribution >= 0.6 is 0 Å². The Morgan fingerprint density at radius 2 is 1.47 bits per heavy atom. The van der Waals surface area contributed by atoms with E-state index >= 15 is 0 Å². The molecule has 8 nitrogen and oxygen atoms in total. The zero-order valence-electron chi connectivity index (χ0n) is 39.2. The lowest BCUT2D eigenvalue weighted by Gasteiger charge is -2.58. The number of alkyl carbamates (subject to hydrolysis) is 1. The molecular weight excluding hydrogens is 733 g/mol. The van der Waals surface area contributed by atoms with Gasteiger partial charge in [-0.3, -0.25) is 9.59 Å². The third-order valence-corrected chi connectivity index (χ3v) is 16.0. The molecule has 0 bridgehead atoms. The van der Waals surface area contributed by atoms with Crippen LogP contribution in [0.15, 0.2) is 11.6 Å². The number of rotatable bonds is 28. The van der Waals surface area contributed by atoms with E-state index in [0.717, 1.165) is 74.0 Å². The van der Waals surface area contributed by atoms with Crippen molar-refractivity contribution in [2.24, 2.45) is 52.1 Å². The van der Waals surface area contributed by atoms with E-state index in [1.165, 1.54) is 115 Å². The standard InChI is InChI=1S/C51H92N4O4/c1-7-8-9-10-11-12-13-14-15-16-17-18-24-48(57)55(38-47(56)53-34-20-33-52)36-21-35-54-49(58)59-42-29-31-50(5)41(37-42)25-26-43-45-28-27-44(40(4)23-19-22-39(2)3)51(45,6)32-30-46(43)50/h25,39-40,42-46H,7-24,26-38,52H2,1-6H3,(H,53,56)(H,54,58)/t40-,42+,43+,44-,45+,46+,50+,51-/m1/s1. The molecule has 0 aromatic carbocycles. The maximum absolute atomic E-state index is 13.3. The molecule has 3 fully saturated rings. The minimum absolute atomic E-state index is 0.0175. The van der Waals surface area contributed by atoms with Crippen LogP contribution in [-0.2, 0) is 14.3 Å². The van der Waals surface area contributed by atoms with Crippen LogP contribution in [0.25, 0.3) is 0 Å². The maximum Gasteiger partial charge on any atom is 0.407 e. The lowest BCUT2D eigenvalue weighted by Crippen LogP contribution is -2.51. The summed E-state index contributed by atoms with van der Waals surface area (Å²) in [6.07, 6.45) is 32.6. The maximum atomic E-state index is 13.3. The van der Waals surface area contributed by atoms with Gasteiger partial charge in [0.15, 0.2) is 0 Å². The van der Waals surface area contributed by atoms with Gasteiger partial charge in [0.1, 0.15) is 6.10 Å². The molecule has 0 aromatic rings. The Balaban J connectivity index is 1.17. The van der Waals surface area contributed by atoms with Gasteiger partial charge >= 0.3 is 6.09 Å². The number of nitrogens with zero attached hydrogens (tertiary/aromatic N) is 1. The fourth-order valence-corrected chi connectivity index (χ4v) is 12.5. The third-order valence-electron chi connectivity index (χ3n) is 16.0. The highest BCUT2D eigenvalue weighted by atomic mass is 16.6. The number of amides is 3. The van der Waals surface area contributed by atoms with Gasteiger partial charge in [0.05, 0.1) is 6.54 Å². The number of hydrogen-bond donors (Lipinski definition) is 3. The zero-order valence-corrected chi connectivity index (χ0v) is 39.2. The molecule has 4 aliphatic rings. The molecule has 3 amide bonds. The van der Waals surface area contributed by atoms with Gasteiger partial charge in [-0.25, -0.2) is 4.79 Å². The quantitative estimate of drug-likeness (QED) is 0.0537. The highest BCUT2D eigenvalue weighted by Gasteiger charge is 2.59. The van der Waals surface area contributed by atoms with Crippen LogP contribution in [0.3, 0.4) is 0 Å². The summed E-state index contributed by atoms with van der Waals surface area (Å²) in [5.41, 5.74) is 7.86. The number of hydrogen-bond acceptors (Lipinski definition) is 5. The first-order valence-corrected chi connectivity index (χ1v) is 25.3. The molecule has 4 rings (SSSR count). The van der Waals surface area contributed by atoms with E-state index in [1.54, 1.807) is 4.90 Å². The van der Waals surface area contributed by atoms with Crippen LogP contribution in [0.2, 0.25) is 0 Å². The molecule has 0 radical (unpaired) electrons. The first-order valence-electron chi connectivity index (χ1n) is 25.3. The van der Waals surface area contributed by atoms with Gasteiger partial charge in [-0.15, -0.1) is 0 Å². The Morgan fingerprint density at radius 3 is 2.15 bits per heavy atom. The molecule has 0 saturated heterocycles. The third kappa shape index (κ3) is 15.0. The topological polar surface area (TPSA) is 114 Å². The van der Waals surface area contributed by atoms with Gasteiger partial charge < -0.3 is 26.0 Å². The summed E-state index contributed by atoms with van der Waals surface area (Å²) in [6.45, 7) is 16.7. The Morgan fingerprint density at radius 1 is 0.797 bits per heavy atom. The summed E-state index contributed by atoms with van der Waals surface area (Å²) in [7, 11) is 0. The molecule has 4 N–H and O–H groups in total. The van der Waals surface area contributed by atoms with Gasteiger partial charge in [-0.2, -0.15) is 0 Å². The molecule has 0 aromatic heterocycles. The SMILES string of the molecule is CCCCCCCCCCCCCCC(=O)N(CCCNC(=O)O[C@H]1CC[C@@]2(C)C(=CC[C@H]3[C@@H]4CC[C@H]([C@H](C)CCCC(C)C)[C@@]4(C)CC[C@@H]32)C1)CC(=O)NCCCN. The minimum Gasteiger partial charge on any atom is -0.446 e. The summed E-state index contributed by atoms with van der Waals surface area (Å²) in [5, 5.41) is 5.86. The zero-order chi connectivity index (χ0) is 42.7. The lowest BCUT2D eigenvalue weighted by atomic mass is 9.47. The van der Waals surface area contributed by atoms with Crippen LogP contribution in [0, 0.1) is 46.3 Å². The highest BCUT2D eigenvalue weighted by molar-refractivity contribution is 5.84. The Hall–Kier alpha value is -2.09. The van der Waals surface area contributed by atoms with Crippen molar-refractivity contribution in [1.82, 2.24) is 15.5 Å². The number of carbonyl (C=O) groups is 3. The summed E-state index contributed by atoms with van der Waals surface area (Å²) < 4.78 is 6.05. The monoisotopic (exact) mass is 825 g/mol. The van der Waals surface area contributed by atoms with Crippen molar-refractivity contribution in [3.63, 3.8) is 0 Å². The van der Waals surface area contributed by atoms with E-state index in [0.29, 0.717) is 50.9 Å².